The van der Waals surface area contributed by atoms with E-state index in [1.807, 2.05) is 36.4 Å². The number of esters is 1. The van der Waals surface area contributed by atoms with Gasteiger partial charge in [-0.25, -0.2) is 4.98 Å². The van der Waals surface area contributed by atoms with Crippen molar-refractivity contribution in [3.63, 3.8) is 0 Å². The van der Waals surface area contributed by atoms with Crippen LogP contribution in [-0.4, -0.2) is 15.9 Å². The highest BCUT2D eigenvalue weighted by atomic mass is 32.1. The SMILES string of the molecule is O=C(OCc1ccccn1)C1(Cc2nc3ccccc3s2)CCCC1. The number of nitrogens with zero attached hydrogens (tertiary/aromatic N) is 2. The van der Waals surface area contributed by atoms with Gasteiger partial charge >= 0.3 is 5.97 Å². The van der Waals surface area contributed by atoms with Gasteiger partial charge in [-0.3, -0.25) is 9.78 Å². The van der Waals surface area contributed by atoms with Crippen LogP contribution in [0.3, 0.4) is 0 Å². The molecule has 5 heteroatoms. The van der Waals surface area contributed by atoms with E-state index in [2.05, 4.69) is 11.1 Å². The fourth-order valence-corrected chi connectivity index (χ4v) is 4.68. The molecule has 1 saturated carbocycles. The summed E-state index contributed by atoms with van der Waals surface area (Å²) in [4.78, 5) is 21.8. The minimum Gasteiger partial charge on any atom is -0.459 e. The van der Waals surface area contributed by atoms with Crippen LogP contribution in [0.5, 0.6) is 0 Å². The molecule has 1 fully saturated rings. The zero-order valence-corrected chi connectivity index (χ0v) is 14.8. The molecule has 4 nitrogen and oxygen atoms in total. The quantitative estimate of drug-likeness (QED) is 0.633. The van der Waals surface area contributed by atoms with E-state index >= 15 is 0 Å². The van der Waals surface area contributed by atoms with Gasteiger partial charge in [0, 0.05) is 12.6 Å². The highest BCUT2D eigenvalue weighted by Crippen LogP contribution is 2.43. The van der Waals surface area contributed by atoms with Gasteiger partial charge in [0.1, 0.15) is 6.61 Å². The number of carbonyl (C=O) groups is 1. The molecule has 0 spiro atoms. The van der Waals surface area contributed by atoms with Crippen molar-refractivity contribution >= 4 is 27.5 Å². The van der Waals surface area contributed by atoms with Crippen LogP contribution in [0.15, 0.2) is 48.7 Å². The van der Waals surface area contributed by atoms with Crippen LogP contribution in [0.4, 0.5) is 0 Å². The summed E-state index contributed by atoms with van der Waals surface area (Å²) in [5, 5.41) is 1.03. The van der Waals surface area contributed by atoms with Gasteiger partial charge in [0.05, 0.1) is 26.3 Å². The second kappa shape index (κ2) is 6.92. The molecule has 0 unspecified atom stereocenters. The largest absolute Gasteiger partial charge is 0.459 e. The number of hydrogen-bond donors (Lipinski definition) is 0. The Morgan fingerprint density at radius 3 is 2.68 bits per heavy atom. The molecule has 0 N–H and O–H groups in total. The standard InChI is InChI=1S/C20H20N2O2S/c23-19(24-14-15-7-3-6-12-21-15)20(10-4-5-11-20)13-18-22-16-8-1-2-9-17(16)25-18/h1-3,6-9,12H,4-5,10-11,13-14H2. The number of thiazole rings is 1. The highest BCUT2D eigenvalue weighted by molar-refractivity contribution is 7.18. The molecule has 128 valence electrons. The van der Waals surface area contributed by atoms with Crippen molar-refractivity contribution in [2.75, 3.05) is 0 Å². The molecule has 0 atom stereocenters. The van der Waals surface area contributed by atoms with E-state index in [-0.39, 0.29) is 12.6 Å². The molecule has 0 saturated heterocycles. The van der Waals surface area contributed by atoms with E-state index in [0.29, 0.717) is 6.42 Å². The summed E-state index contributed by atoms with van der Waals surface area (Å²) in [5.74, 6) is -0.102. The van der Waals surface area contributed by atoms with E-state index in [1.165, 1.54) is 4.70 Å². The van der Waals surface area contributed by atoms with Crippen LogP contribution in [0.1, 0.15) is 36.4 Å². The summed E-state index contributed by atoms with van der Waals surface area (Å²) in [7, 11) is 0. The number of para-hydroxylation sites is 1. The highest BCUT2D eigenvalue weighted by Gasteiger charge is 2.43. The number of fused-ring (bicyclic) bond motifs is 1. The molecule has 1 aliphatic rings. The summed E-state index contributed by atoms with van der Waals surface area (Å²) in [6.45, 7) is 0.237. The van der Waals surface area contributed by atoms with E-state index in [1.54, 1.807) is 17.5 Å². The Morgan fingerprint density at radius 2 is 1.92 bits per heavy atom. The van der Waals surface area contributed by atoms with E-state index < -0.39 is 5.41 Å². The lowest BCUT2D eigenvalue weighted by Crippen LogP contribution is -2.32. The van der Waals surface area contributed by atoms with Crippen molar-refractivity contribution in [1.82, 2.24) is 9.97 Å². The van der Waals surface area contributed by atoms with Gasteiger partial charge in [-0.15, -0.1) is 11.3 Å². The molecule has 2 heterocycles. The Morgan fingerprint density at radius 1 is 1.12 bits per heavy atom. The molecular formula is C20H20N2O2S. The Kier molecular flexibility index (Phi) is 4.49. The first kappa shape index (κ1) is 16.2. The third kappa shape index (κ3) is 3.42. The normalized spacial score (nSPS) is 16.2. The minimum absolute atomic E-state index is 0.102. The Bertz CT molecular complexity index is 837. The molecule has 4 rings (SSSR count). The Balaban J connectivity index is 1.51. The van der Waals surface area contributed by atoms with Gasteiger partial charge < -0.3 is 4.74 Å². The second-order valence-electron chi connectivity index (χ2n) is 6.64. The molecule has 0 aliphatic heterocycles. The van der Waals surface area contributed by atoms with Gasteiger partial charge in [0.15, 0.2) is 0 Å². The smallest absolute Gasteiger partial charge is 0.312 e. The van der Waals surface area contributed by atoms with Crippen molar-refractivity contribution < 1.29 is 9.53 Å². The van der Waals surface area contributed by atoms with Crippen molar-refractivity contribution in [3.05, 3.63) is 59.4 Å². The number of benzene rings is 1. The van der Waals surface area contributed by atoms with Crippen LogP contribution >= 0.6 is 11.3 Å². The van der Waals surface area contributed by atoms with Crippen LogP contribution in [0, 0.1) is 5.41 Å². The van der Waals surface area contributed by atoms with Crippen molar-refractivity contribution in [3.8, 4) is 0 Å². The zero-order valence-electron chi connectivity index (χ0n) is 14.0. The lowest BCUT2D eigenvalue weighted by atomic mass is 9.83. The lowest BCUT2D eigenvalue weighted by Gasteiger charge is -2.25. The maximum Gasteiger partial charge on any atom is 0.312 e. The van der Waals surface area contributed by atoms with Gasteiger partial charge in [-0.1, -0.05) is 31.0 Å². The number of pyridine rings is 1. The Hall–Kier alpha value is -2.27. The van der Waals surface area contributed by atoms with Crippen molar-refractivity contribution in [2.24, 2.45) is 5.41 Å². The molecule has 3 aromatic rings. The number of rotatable bonds is 5. The molecular weight excluding hydrogens is 332 g/mol. The summed E-state index contributed by atoms with van der Waals surface area (Å²) in [6.07, 6.45) is 6.30. The van der Waals surface area contributed by atoms with Gasteiger partial charge in [-0.05, 0) is 37.1 Å². The first-order chi connectivity index (χ1) is 12.3. The monoisotopic (exact) mass is 352 g/mol. The third-order valence-electron chi connectivity index (χ3n) is 4.90. The average Bonchev–Trinajstić information content (AvgIpc) is 3.28. The summed E-state index contributed by atoms with van der Waals surface area (Å²) < 4.78 is 6.81. The van der Waals surface area contributed by atoms with Gasteiger partial charge in [0.2, 0.25) is 0 Å². The minimum atomic E-state index is -0.428. The van der Waals surface area contributed by atoms with Gasteiger partial charge in [0.25, 0.3) is 0 Å². The predicted molar refractivity (Wildman–Crippen MR) is 98.3 cm³/mol. The maximum atomic E-state index is 12.9. The molecule has 25 heavy (non-hydrogen) atoms. The van der Waals surface area contributed by atoms with Crippen LogP contribution in [0.2, 0.25) is 0 Å². The molecule has 1 aromatic carbocycles. The predicted octanol–water partition coefficient (Wildman–Crippen LogP) is 4.54. The first-order valence-electron chi connectivity index (χ1n) is 8.67. The van der Waals surface area contributed by atoms with Crippen LogP contribution in [-0.2, 0) is 22.6 Å². The van der Waals surface area contributed by atoms with E-state index in [9.17, 15) is 4.79 Å². The van der Waals surface area contributed by atoms with Crippen molar-refractivity contribution in [2.45, 2.75) is 38.7 Å². The third-order valence-corrected chi connectivity index (χ3v) is 5.94. The number of aromatic nitrogens is 2. The fraction of sp³-hybridized carbons (Fsp3) is 0.350. The molecule has 2 aromatic heterocycles. The summed E-state index contributed by atoms with van der Waals surface area (Å²) in [5.41, 5.74) is 1.37. The number of carbonyl (C=O) groups excluding carboxylic acids is 1. The van der Waals surface area contributed by atoms with Crippen molar-refractivity contribution in [1.29, 1.82) is 0 Å². The molecule has 0 amide bonds. The lowest BCUT2D eigenvalue weighted by molar-refractivity contribution is -0.157. The second-order valence-corrected chi connectivity index (χ2v) is 7.75. The van der Waals surface area contributed by atoms with Gasteiger partial charge in [-0.2, -0.15) is 0 Å². The van der Waals surface area contributed by atoms with Crippen LogP contribution < -0.4 is 0 Å². The van der Waals surface area contributed by atoms with E-state index in [4.69, 9.17) is 9.72 Å². The molecule has 1 aliphatic carbocycles. The first-order valence-corrected chi connectivity index (χ1v) is 9.48. The summed E-state index contributed by atoms with van der Waals surface area (Å²) >= 11 is 1.68. The zero-order chi connectivity index (χ0) is 17.1. The fourth-order valence-electron chi connectivity index (χ4n) is 3.57. The molecule has 0 bridgehead atoms. The topological polar surface area (TPSA) is 52.1 Å². The summed E-state index contributed by atoms with van der Waals surface area (Å²) in [6, 6.07) is 13.8. The number of hydrogen-bond acceptors (Lipinski definition) is 5. The average molecular weight is 352 g/mol. The number of ether oxygens (including phenoxy) is 1. The molecule has 0 radical (unpaired) electrons. The Labute approximate surface area is 150 Å². The van der Waals surface area contributed by atoms with E-state index in [0.717, 1.165) is 41.9 Å². The van der Waals surface area contributed by atoms with Crippen LogP contribution in [0.25, 0.3) is 10.2 Å². The maximum absolute atomic E-state index is 12.9.